The van der Waals surface area contributed by atoms with Crippen molar-refractivity contribution in [3.63, 3.8) is 0 Å². The zero-order valence-electron chi connectivity index (χ0n) is 47.7. The maximum Gasteiger partial charge on any atom is 0.0938 e. The van der Waals surface area contributed by atoms with Crippen LogP contribution in [0.3, 0.4) is 0 Å². The van der Waals surface area contributed by atoms with Gasteiger partial charge in [-0.25, -0.2) is 0 Å². The highest BCUT2D eigenvalue weighted by Crippen LogP contribution is 2.46. The minimum Gasteiger partial charge on any atom is -0.353 e. The molecule has 9 aromatic carbocycles. The van der Waals surface area contributed by atoms with Gasteiger partial charge in [-0.3, -0.25) is 4.99 Å². The van der Waals surface area contributed by atoms with Crippen LogP contribution in [0.1, 0.15) is 80.1 Å². The summed E-state index contributed by atoms with van der Waals surface area (Å²) in [5.74, 6) is 0. The van der Waals surface area contributed by atoms with Crippen molar-refractivity contribution in [2.45, 2.75) is 75.2 Å². The van der Waals surface area contributed by atoms with Crippen molar-refractivity contribution in [2.24, 2.45) is 4.99 Å². The molecule has 0 bridgehead atoms. The third-order valence-electron chi connectivity index (χ3n) is 14.6. The van der Waals surface area contributed by atoms with Crippen LogP contribution in [0.25, 0.3) is 116 Å². The maximum absolute atomic E-state index is 5.18. The summed E-state index contributed by atoms with van der Waals surface area (Å²) < 4.78 is 9.64. The Balaban J connectivity index is 0.000000467. The molecule has 0 atom stereocenters. The molecule has 80 heavy (non-hydrogen) atoms. The monoisotopic (exact) mass is 1040 g/mol. The Morgan fingerprint density at radius 3 is 1.51 bits per heavy atom. The third kappa shape index (κ3) is 9.41. The standard InChI is InChI=1S/C60H42N6.C6H6.4C2H6/c1-2-3-6-20-41-35-38-36-42(26-30-49(38)63(41)39-16-7-4-8-17-39)66-54-33-29-46-45-28-32-53-56(58(45)62-59(46)57(54)60-55(66)25-15-34-61-60)47-22-12-14-24-51(47)65(53)43-27-31-52-48(37-43)44-21-11-13-23-50(44)64(52)40-18-9-5-10-19-40;1-2-4-6-5-3-1;4*1-2/h2-14,16-24,26-37,62H,15,25H2,1H3;1-6H;4*1-2H3/b3-2-,20-6-;;;;;. The highest BCUT2D eigenvalue weighted by Gasteiger charge is 2.25. The van der Waals surface area contributed by atoms with Crippen molar-refractivity contribution in [1.82, 2.24) is 23.3 Å². The summed E-state index contributed by atoms with van der Waals surface area (Å²) in [6.07, 6.45) is 12.4. The lowest BCUT2D eigenvalue weighted by Crippen LogP contribution is -2.03. The molecule has 6 nitrogen and oxygen atoms in total. The average molecular weight is 1050 g/mol. The van der Waals surface area contributed by atoms with Crippen molar-refractivity contribution >= 4 is 105 Å². The number of para-hydroxylation sites is 4. The van der Waals surface area contributed by atoms with E-state index < -0.39 is 0 Å². The summed E-state index contributed by atoms with van der Waals surface area (Å²) in [5, 5.41) is 9.71. The van der Waals surface area contributed by atoms with Gasteiger partial charge in [0.2, 0.25) is 0 Å². The first kappa shape index (κ1) is 54.0. The molecule has 0 aliphatic carbocycles. The summed E-state index contributed by atoms with van der Waals surface area (Å²) in [4.78, 5) is 9.26. The van der Waals surface area contributed by atoms with Gasteiger partial charge in [0.05, 0.1) is 60.9 Å². The minimum absolute atomic E-state index is 0.907. The van der Waals surface area contributed by atoms with Gasteiger partial charge in [-0.2, -0.15) is 0 Å². The number of allylic oxidation sites excluding steroid dienone is 3. The number of rotatable bonds is 6. The Labute approximate surface area is 470 Å². The molecule has 6 heteroatoms. The molecule has 0 unspecified atom stereocenters. The Hall–Kier alpha value is -9.39. The van der Waals surface area contributed by atoms with E-state index in [1.165, 1.54) is 76.4 Å². The van der Waals surface area contributed by atoms with Crippen molar-refractivity contribution in [1.29, 1.82) is 0 Å². The quantitative estimate of drug-likeness (QED) is 0.161. The van der Waals surface area contributed by atoms with E-state index in [4.69, 9.17) is 4.99 Å². The van der Waals surface area contributed by atoms with Crippen LogP contribution in [0.4, 0.5) is 5.69 Å². The fourth-order valence-electron chi connectivity index (χ4n) is 11.6. The molecule has 1 aliphatic rings. The summed E-state index contributed by atoms with van der Waals surface area (Å²) in [6.45, 7) is 18.0. The lowest BCUT2D eigenvalue weighted by atomic mass is 10.1. The van der Waals surface area contributed by atoms with Crippen LogP contribution in [0.2, 0.25) is 0 Å². The summed E-state index contributed by atoms with van der Waals surface area (Å²) in [7, 11) is 0. The van der Waals surface area contributed by atoms with Gasteiger partial charge in [-0.15, -0.1) is 0 Å². The van der Waals surface area contributed by atoms with E-state index in [1.807, 2.05) is 98.7 Å². The SMILES string of the molecule is C/C=C\C=C/c1cc2cc(-n3c4c(c5c6[nH]c7c(ccc8c7c7ccccc7n8-c7ccc8c(c7)c7ccccc7n8-c7ccccc7)c6ccc53)N=CCC4)ccc2n1-c1ccccc1.CC.CC.CC.CC.c1ccccc1. The molecule has 1 aliphatic heterocycles. The number of fused-ring (bicyclic) bond motifs is 15. The molecular weight excluding hydrogens is 973 g/mol. The number of H-pyrrole nitrogens is 1. The lowest BCUT2D eigenvalue weighted by molar-refractivity contribution is 0.913. The van der Waals surface area contributed by atoms with E-state index in [0.29, 0.717) is 0 Å². The number of hydrogen-bond donors (Lipinski definition) is 1. The van der Waals surface area contributed by atoms with Gasteiger partial charge in [-0.05, 0) is 117 Å². The Bertz CT molecular complexity index is 4470. The Kier molecular flexibility index (Phi) is 16.5. The van der Waals surface area contributed by atoms with Crippen LogP contribution in [-0.2, 0) is 6.42 Å². The number of nitrogens with zero attached hydrogens (tertiary/aromatic N) is 5. The molecule has 0 saturated heterocycles. The Morgan fingerprint density at radius 1 is 0.388 bits per heavy atom. The third-order valence-corrected chi connectivity index (χ3v) is 14.6. The van der Waals surface area contributed by atoms with Gasteiger partial charge in [0.15, 0.2) is 0 Å². The van der Waals surface area contributed by atoms with E-state index in [0.717, 1.165) is 63.5 Å². The summed E-state index contributed by atoms with van der Waals surface area (Å²) >= 11 is 0. The van der Waals surface area contributed by atoms with Crippen LogP contribution in [-0.4, -0.2) is 29.5 Å². The number of nitrogens with one attached hydrogen (secondary N) is 1. The van der Waals surface area contributed by atoms with Crippen LogP contribution in [0, 0.1) is 0 Å². The second kappa shape index (κ2) is 24.5. The number of aliphatic imine (C=N–C) groups is 1. The molecular formula is C74H72N6. The van der Waals surface area contributed by atoms with E-state index in [2.05, 4.69) is 230 Å². The molecule has 1 N–H and O–H groups in total. The highest BCUT2D eigenvalue weighted by molar-refractivity contribution is 6.29. The number of aromatic amines is 1. The van der Waals surface area contributed by atoms with Crippen LogP contribution < -0.4 is 0 Å². The maximum atomic E-state index is 5.18. The van der Waals surface area contributed by atoms with Crippen molar-refractivity contribution in [3.8, 4) is 22.7 Å². The van der Waals surface area contributed by atoms with E-state index in [9.17, 15) is 0 Å². The number of aromatic nitrogens is 5. The van der Waals surface area contributed by atoms with Gasteiger partial charge >= 0.3 is 0 Å². The lowest BCUT2D eigenvalue weighted by Gasteiger charge is -2.14. The predicted octanol–water partition coefficient (Wildman–Crippen LogP) is 21.4. The molecule has 0 fully saturated rings. The van der Waals surface area contributed by atoms with Gasteiger partial charge in [0.25, 0.3) is 0 Å². The first-order valence-electron chi connectivity index (χ1n) is 28.9. The normalized spacial score (nSPS) is 11.8. The topological polar surface area (TPSA) is 47.9 Å². The van der Waals surface area contributed by atoms with Gasteiger partial charge in [0.1, 0.15) is 0 Å². The zero-order valence-corrected chi connectivity index (χ0v) is 47.7. The molecule has 0 saturated carbocycles. The van der Waals surface area contributed by atoms with Gasteiger partial charge in [0, 0.05) is 72.4 Å². The fraction of sp³-hybridized carbons (Fsp3) is 0.149. The highest BCUT2D eigenvalue weighted by atomic mass is 15.0. The molecule has 5 aromatic heterocycles. The smallest absolute Gasteiger partial charge is 0.0938 e. The molecule has 0 radical (unpaired) electrons. The second-order valence-electron chi connectivity index (χ2n) is 18.6. The largest absolute Gasteiger partial charge is 0.353 e. The van der Waals surface area contributed by atoms with E-state index in [-0.39, 0.29) is 0 Å². The first-order valence-corrected chi connectivity index (χ1v) is 28.9. The summed E-state index contributed by atoms with van der Waals surface area (Å²) in [6, 6.07) is 76.4. The van der Waals surface area contributed by atoms with E-state index in [1.54, 1.807) is 0 Å². The van der Waals surface area contributed by atoms with Crippen LogP contribution in [0.15, 0.2) is 236 Å². The van der Waals surface area contributed by atoms with E-state index >= 15 is 0 Å². The first-order chi connectivity index (χ1) is 39.7. The molecule has 15 rings (SSSR count). The average Bonchev–Trinajstić information content (AvgIpc) is 4.55. The van der Waals surface area contributed by atoms with Gasteiger partial charge in [-0.1, -0.05) is 195 Å². The molecule has 0 amide bonds. The molecule has 14 aromatic rings. The molecule has 398 valence electrons. The van der Waals surface area contributed by atoms with Crippen LogP contribution >= 0.6 is 0 Å². The van der Waals surface area contributed by atoms with Crippen molar-refractivity contribution in [3.05, 3.63) is 242 Å². The Morgan fingerprint density at radius 2 is 0.875 bits per heavy atom. The van der Waals surface area contributed by atoms with Gasteiger partial charge < -0.3 is 23.3 Å². The molecule has 6 heterocycles. The predicted molar refractivity (Wildman–Crippen MR) is 350 cm³/mol. The van der Waals surface area contributed by atoms with Crippen molar-refractivity contribution < 1.29 is 0 Å². The second-order valence-corrected chi connectivity index (χ2v) is 18.6. The minimum atomic E-state index is 0.907. The fourth-order valence-corrected chi connectivity index (χ4v) is 11.6. The number of benzene rings is 9. The van der Waals surface area contributed by atoms with Crippen LogP contribution in [0.5, 0.6) is 0 Å². The number of hydrogen-bond acceptors (Lipinski definition) is 1. The summed E-state index contributed by atoms with van der Waals surface area (Å²) in [5.41, 5.74) is 17.4. The zero-order chi connectivity index (χ0) is 55.7. The molecule has 0 spiro atoms. The van der Waals surface area contributed by atoms with Crippen molar-refractivity contribution in [2.75, 3.05) is 0 Å².